The summed E-state index contributed by atoms with van der Waals surface area (Å²) in [6.07, 6.45) is -0.486. The average molecular weight is 291 g/mol. The zero-order chi connectivity index (χ0) is 14.2. The van der Waals surface area contributed by atoms with E-state index in [4.69, 9.17) is 4.74 Å². The Morgan fingerprint density at radius 1 is 1.25 bits per heavy atom. The number of ether oxygens (including phenoxy) is 1. The Bertz CT molecular complexity index is 472. The molecule has 20 heavy (non-hydrogen) atoms. The van der Waals surface area contributed by atoms with E-state index in [1.54, 1.807) is 11.3 Å². The van der Waals surface area contributed by atoms with Crippen molar-refractivity contribution in [2.24, 2.45) is 0 Å². The van der Waals surface area contributed by atoms with E-state index in [1.165, 1.54) is 5.56 Å². The summed E-state index contributed by atoms with van der Waals surface area (Å²) in [5.74, 6) is 0. The van der Waals surface area contributed by atoms with E-state index >= 15 is 0 Å². The van der Waals surface area contributed by atoms with Crippen molar-refractivity contribution in [1.29, 1.82) is 0 Å². The SMILES string of the molecule is CC(NCC(O)COCc1ccccc1)c1ccsc1. The minimum atomic E-state index is -0.486. The summed E-state index contributed by atoms with van der Waals surface area (Å²) < 4.78 is 5.52. The summed E-state index contributed by atoms with van der Waals surface area (Å²) in [6.45, 7) is 3.52. The maximum atomic E-state index is 9.89. The highest BCUT2D eigenvalue weighted by molar-refractivity contribution is 7.07. The minimum absolute atomic E-state index is 0.255. The number of aliphatic hydroxyl groups excluding tert-OH is 1. The van der Waals surface area contributed by atoms with Gasteiger partial charge in [-0.3, -0.25) is 0 Å². The van der Waals surface area contributed by atoms with Gasteiger partial charge in [0.2, 0.25) is 0 Å². The normalized spacial score (nSPS) is 14.1. The summed E-state index contributed by atoms with van der Waals surface area (Å²) in [5.41, 5.74) is 2.38. The van der Waals surface area contributed by atoms with Gasteiger partial charge in [-0.1, -0.05) is 30.3 Å². The first-order valence-corrected chi connectivity index (χ1v) is 7.75. The van der Waals surface area contributed by atoms with Crippen LogP contribution in [0.4, 0.5) is 0 Å². The number of hydrogen-bond donors (Lipinski definition) is 2. The van der Waals surface area contributed by atoms with Crippen LogP contribution in [0.15, 0.2) is 47.2 Å². The van der Waals surface area contributed by atoms with Crippen LogP contribution >= 0.6 is 11.3 Å². The van der Waals surface area contributed by atoms with E-state index in [-0.39, 0.29) is 6.04 Å². The van der Waals surface area contributed by atoms with Crippen LogP contribution in [0.3, 0.4) is 0 Å². The van der Waals surface area contributed by atoms with Crippen molar-refractivity contribution in [3.05, 3.63) is 58.3 Å². The average Bonchev–Trinajstić information content (AvgIpc) is 3.00. The Hall–Kier alpha value is -1.20. The van der Waals surface area contributed by atoms with Crippen molar-refractivity contribution >= 4 is 11.3 Å². The fourth-order valence-corrected chi connectivity index (χ4v) is 2.65. The number of nitrogens with one attached hydrogen (secondary N) is 1. The molecule has 1 aromatic heterocycles. The molecule has 0 aliphatic rings. The summed E-state index contributed by atoms with van der Waals surface area (Å²) in [4.78, 5) is 0. The predicted octanol–water partition coefficient (Wildman–Crippen LogP) is 2.98. The topological polar surface area (TPSA) is 41.5 Å². The molecule has 0 aliphatic heterocycles. The molecular formula is C16H21NO2S. The van der Waals surface area contributed by atoms with E-state index in [9.17, 15) is 5.11 Å². The van der Waals surface area contributed by atoms with Gasteiger partial charge in [0.25, 0.3) is 0 Å². The number of rotatable bonds is 8. The molecular weight excluding hydrogens is 270 g/mol. The molecule has 0 bridgehead atoms. The number of benzene rings is 1. The first-order valence-electron chi connectivity index (χ1n) is 6.81. The van der Waals surface area contributed by atoms with Gasteiger partial charge < -0.3 is 15.2 Å². The zero-order valence-corrected chi connectivity index (χ0v) is 12.5. The lowest BCUT2D eigenvalue weighted by Crippen LogP contribution is -2.32. The van der Waals surface area contributed by atoms with Gasteiger partial charge in [0.05, 0.1) is 19.3 Å². The second kappa shape index (κ2) is 8.17. The first kappa shape index (κ1) is 15.2. The van der Waals surface area contributed by atoms with Crippen LogP contribution in [0, 0.1) is 0 Å². The third kappa shape index (κ3) is 5.06. The predicted molar refractivity (Wildman–Crippen MR) is 82.8 cm³/mol. The quantitative estimate of drug-likeness (QED) is 0.785. The van der Waals surface area contributed by atoms with Crippen molar-refractivity contribution in [1.82, 2.24) is 5.32 Å². The van der Waals surface area contributed by atoms with Crippen LogP contribution in [0.5, 0.6) is 0 Å². The second-order valence-corrected chi connectivity index (χ2v) is 5.62. The van der Waals surface area contributed by atoms with Crippen LogP contribution in [0.25, 0.3) is 0 Å². The largest absolute Gasteiger partial charge is 0.389 e. The smallest absolute Gasteiger partial charge is 0.0898 e. The fraction of sp³-hybridized carbons (Fsp3) is 0.375. The van der Waals surface area contributed by atoms with Crippen molar-refractivity contribution in [3.8, 4) is 0 Å². The standard InChI is InChI=1S/C16H21NO2S/c1-13(15-7-8-20-12-15)17-9-16(18)11-19-10-14-5-3-2-4-6-14/h2-8,12-13,16-18H,9-11H2,1H3. The summed E-state index contributed by atoms with van der Waals surface area (Å²) in [5, 5.41) is 17.4. The third-order valence-corrected chi connectivity index (χ3v) is 3.83. The Kier molecular flexibility index (Phi) is 6.21. The molecule has 4 heteroatoms. The number of hydrogen-bond acceptors (Lipinski definition) is 4. The molecule has 2 atom stereocenters. The van der Waals surface area contributed by atoms with Gasteiger partial charge in [-0.15, -0.1) is 0 Å². The molecule has 2 aromatic rings. The molecule has 0 amide bonds. The van der Waals surface area contributed by atoms with E-state index in [1.807, 2.05) is 30.3 Å². The van der Waals surface area contributed by atoms with Crippen LogP contribution in [0.1, 0.15) is 24.1 Å². The molecule has 0 radical (unpaired) electrons. The second-order valence-electron chi connectivity index (χ2n) is 4.84. The molecule has 1 aromatic carbocycles. The molecule has 2 unspecified atom stereocenters. The van der Waals surface area contributed by atoms with Crippen LogP contribution in [-0.4, -0.2) is 24.4 Å². The van der Waals surface area contributed by atoms with Gasteiger partial charge in [0.1, 0.15) is 0 Å². The van der Waals surface area contributed by atoms with Crippen molar-refractivity contribution in [2.75, 3.05) is 13.2 Å². The lowest BCUT2D eigenvalue weighted by molar-refractivity contribution is 0.0278. The number of aliphatic hydroxyl groups is 1. The van der Waals surface area contributed by atoms with Crippen molar-refractivity contribution in [3.63, 3.8) is 0 Å². The molecule has 1 heterocycles. The van der Waals surface area contributed by atoms with Gasteiger partial charge in [0.15, 0.2) is 0 Å². The van der Waals surface area contributed by atoms with Crippen LogP contribution < -0.4 is 5.32 Å². The van der Waals surface area contributed by atoms with Gasteiger partial charge in [0, 0.05) is 12.6 Å². The van der Waals surface area contributed by atoms with E-state index < -0.39 is 6.10 Å². The molecule has 0 saturated heterocycles. The van der Waals surface area contributed by atoms with Gasteiger partial charge >= 0.3 is 0 Å². The van der Waals surface area contributed by atoms with Gasteiger partial charge in [-0.2, -0.15) is 11.3 Å². The number of thiophene rings is 1. The molecule has 0 fully saturated rings. The molecule has 2 rings (SSSR count). The maximum absolute atomic E-state index is 9.89. The van der Waals surface area contributed by atoms with Crippen LogP contribution in [-0.2, 0) is 11.3 Å². The molecule has 0 aliphatic carbocycles. The third-order valence-electron chi connectivity index (χ3n) is 3.12. The van der Waals surface area contributed by atoms with E-state index in [2.05, 4.69) is 29.1 Å². The lowest BCUT2D eigenvalue weighted by atomic mass is 10.2. The molecule has 2 N–H and O–H groups in total. The molecule has 108 valence electrons. The van der Waals surface area contributed by atoms with E-state index in [0.29, 0.717) is 19.8 Å². The Balaban J connectivity index is 1.62. The zero-order valence-electron chi connectivity index (χ0n) is 11.7. The maximum Gasteiger partial charge on any atom is 0.0898 e. The summed E-state index contributed by atoms with van der Waals surface area (Å²) in [7, 11) is 0. The lowest BCUT2D eigenvalue weighted by Gasteiger charge is -2.16. The van der Waals surface area contributed by atoms with Gasteiger partial charge in [-0.25, -0.2) is 0 Å². The Morgan fingerprint density at radius 3 is 2.75 bits per heavy atom. The minimum Gasteiger partial charge on any atom is -0.389 e. The highest BCUT2D eigenvalue weighted by atomic mass is 32.1. The fourth-order valence-electron chi connectivity index (χ4n) is 1.90. The highest BCUT2D eigenvalue weighted by Gasteiger charge is 2.09. The highest BCUT2D eigenvalue weighted by Crippen LogP contribution is 2.15. The van der Waals surface area contributed by atoms with Crippen molar-refractivity contribution in [2.45, 2.75) is 25.7 Å². The first-order chi connectivity index (χ1) is 9.75. The molecule has 0 saturated carbocycles. The summed E-state index contributed by atoms with van der Waals surface area (Å²) >= 11 is 1.69. The molecule has 0 spiro atoms. The Morgan fingerprint density at radius 2 is 2.05 bits per heavy atom. The Labute approximate surface area is 124 Å². The van der Waals surface area contributed by atoms with E-state index in [0.717, 1.165) is 5.56 Å². The van der Waals surface area contributed by atoms with Gasteiger partial charge in [-0.05, 0) is 34.9 Å². The van der Waals surface area contributed by atoms with Crippen LogP contribution in [0.2, 0.25) is 0 Å². The monoisotopic (exact) mass is 291 g/mol. The summed E-state index contributed by atoms with van der Waals surface area (Å²) in [6, 6.07) is 12.3. The molecule has 3 nitrogen and oxygen atoms in total. The van der Waals surface area contributed by atoms with Crippen molar-refractivity contribution < 1.29 is 9.84 Å².